The van der Waals surface area contributed by atoms with E-state index in [9.17, 15) is 18.3 Å². The summed E-state index contributed by atoms with van der Waals surface area (Å²) in [6.07, 6.45) is -5.05. The summed E-state index contributed by atoms with van der Waals surface area (Å²) >= 11 is 0. The summed E-state index contributed by atoms with van der Waals surface area (Å²) in [5, 5.41) is 10.3. The van der Waals surface area contributed by atoms with E-state index in [0.717, 1.165) is 12.1 Å². The minimum absolute atomic E-state index is 0.503. The molecule has 0 aliphatic carbocycles. The molecule has 0 saturated carbocycles. The Kier molecular flexibility index (Phi) is 3.11. The van der Waals surface area contributed by atoms with Gasteiger partial charge in [0.15, 0.2) is 0 Å². The van der Waals surface area contributed by atoms with Gasteiger partial charge in [-0.15, -0.1) is 0 Å². The number of benzene rings is 1. The molecule has 0 fully saturated rings. The molecule has 5 heteroatoms. The van der Waals surface area contributed by atoms with Crippen molar-refractivity contribution in [2.75, 3.05) is 0 Å². The lowest BCUT2D eigenvalue weighted by Gasteiger charge is -2.11. The van der Waals surface area contributed by atoms with E-state index in [1.807, 2.05) is 6.92 Å². The van der Waals surface area contributed by atoms with Crippen LogP contribution in [-0.2, 0) is 12.7 Å². The lowest BCUT2D eigenvalue weighted by Crippen LogP contribution is -2.06. The fourth-order valence-corrected chi connectivity index (χ4v) is 2.15. The van der Waals surface area contributed by atoms with Crippen molar-refractivity contribution in [3.63, 3.8) is 0 Å². The van der Waals surface area contributed by atoms with Crippen molar-refractivity contribution >= 4 is 10.9 Å². The summed E-state index contributed by atoms with van der Waals surface area (Å²) in [4.78, 5) is 0. The quantitative estimate of drug-likeness (QED) is 0.871. The summed E-state index contributed by atoms with van der Waals surface area (Å²) in [6, 6.07) is 5.36. The highest BCUT2D eigenvalue weighted by Gasteiger charge is 2.31. The standard InChI is InChI=1S/C13H14F3NO/c1-3-17-11(8(2)18)6-9-4-5-10(7-12(9)17)13(14,15)16/h4-8,18H,3H2,1-2H3. The van der Waals surface area contributed by atoms with E-state index in [4.69, 9.17) is 0 Å². The third-order valence-electron chi connectivity index (χ3n) is 3.01. The van der Waals surface area contributed by atoms with Crippen molar-refractivity contribution in [2.24, 2.45) is 0 Å². The maximum absolute atomic E-state index is 12.7. The molecule has 0 saturated heterocycles. The normalized spacial score (nSPS) is 14.1. The number of aryl methyl sites for hydroxylation is 1. The van der Waals surface area contributed by atoms with Gasteiger partial charge in [-0.25, -0.2) is 0 Å². The molecule has 98 valence electrons. The molecule has 1 aromatic carbocycles. The van der Waals surface area contributed by atoms with E-state index < -0.39 is 17.8 Å². The minimum atomic E-state index is -4.35. The van der Waals surface area contributed by atoms with Crippen molar-refractivity contribution in [3.05, 3.63) is 35.5 Å². The van der Waals surface area contributed by atoms with Gasteiger partial charge < -0.3 is 9.67 Å². The molecule has 0 spiro atoms. The number of aliphatic hydroxyl groups excluding tert-OH is 1. The number of alkyl halides is 3. The number of fused-ring (bicyclic) bond motifs is 1. The smallest absolute Gasteiger partial charge is 0.387 e. The Morgan fingerprint density at radius 1 is 1.28 bits per heavy atom. The predicted molar refractivity (Wildman–Crippen MR) is 63.2 cm³/mol. The number of aromatic nitrogens is 1. The summed E-state index contributed by atoms with van der Waals surface area (Å²) < 4.78 is 39.7. The molecule has 2 aromatic rings. The van der Waals surface area contributed by atoms with Crippen LogP contribution in [0.15, 0.2) is 24.3 Å². The number of rotatable bonds is 2. The van der Waals surface area contributed by atoms with Gasteiger partial charge in [0.25, 0.3) is 0 Å². The first-order valence-corrected chi connectivity index (χ1v) is 5.73. The second-order valence-electron chi connectivity index (χ2n) is 4.26. The van der Waals surface area contributed by atoms with Crippen LogP contribution in [0, 0.1) is 0 Å². The second-order valence-corrected chi connectivity index (χ2v) is 4.26. The van der Waals surface area contributed by atoms with Crippen LogP contribution in [0.25, 0.3) is 10.9 Å². The highest BCUT2D eigenvalue weighted by Crippen LogP contribution is 2.33. The zero-order valence-corrected chi connectivity index (χ0v) is 10.1. The van der Waals surface area contributed by atoms with Crippen molar-refractivity contribution in [1.29, 1.82) is 0 Å². The molecule has 2 rings (SSSR count). The van der Waals surface area contributed by atoms with Gasteiger partial charge in [-0.05, 0) is 37.4 Å². The highest BCUT2D eigenvalue weighted by molar-refractivity contribution is 5.82. The molecular weight excluding hydrogens is 243 g/mol. The van der Waals surface area contributed by atoms with Crippen molar-refractivity contribution in [2.45, 2.75) is 32.7 Å². The summed E-state index contributed by atoms with van der Waals surface area (Å²) in [6.45, 7) is 3.96. The molecule has 2 nitrogen and oxygen atoms in total. The maximum Gasteiger partial charge on any atom is 0.416 e. The van der Waals surface area contributed by atoms with Gasteiger partial charge in [-0.1, -0.05) is 6.07 Å². The molecule has 1 heterocycles. The van der Waals surface area contributed by atoms with Crippen molar-refractivity contribution in [3.8, 4) is 0 Å². The van der Waals surface area contributed by atoms with Gasteiger partial charge in [0.1, 0.15) is 0 Å². The molecule has 18 heavy (non-hydrogen) atoms. The maximum atomic E-state index is 12.7. The van der Waals surface area contributed by atoms with Crippen LogP contribution < -0.4 is 0 Å². The highest BCUT2D eigenvalue weighted by atomic mass is 19.4. The Hall–Kier alpha value is -1.49. The summed E-state index contributed by atoms with van der Waals surface area (Å²) in [5.74, 6) is 0. The Bertz CT molecular complexity index is 569. The first-order chi connectivity index (χ1) is 8.34. The Labute approximate surface area is 103 Å². The number of halogens is 3. The van der Waals surface area contributed by atoms with Crippen LogP contribution >= 0.6 is 0 Å². The fourth-order valence-electron chi connectivity index (χ4n) is 2.15. The number of aliphatic hydroxyl groups is 1. The van der Waals surface area contributed by atoms with Crippen LogP contribution in [0.2, 0.25) is 0 Å². The average Bonchev–Trinajstić information content (AvgIpc) is 2.65. The molecule has 1 aromatic heterocycles. The van der Waals surface area contributed by atoms with Gasteiger partial charge in [0.05, 0.1) is 11.7 Å². The summed E-state index contributed by atoms with van der Waals surface area (Å²) in [5.41, 5.74) is 0.468. The molecule has 0 aliphatic rings. The SMILES string of the molecule is CCn1c(C(C)O)cc2ccc(C(F)(F)F)cc21. The number of hydrogen-bond donors (Lipinski definition) is 1. The van der Waals surface area contributed by atoms with Gasteiger partial charge in [-0.3, -0.25) is 0 Å². The van der Waals surface area contributed by atoms with Crippen molar-refractivity contribution in [1.82, 2.24) is 4.57 Å². The van der Waals surface area contributed by atoms with Crippen LogP contribution in [0.5, 0.6) is 0 Å². The molecule has 1 atom stereocenters. The third-order valence-corrected chi connectivity index (χ3v) is 3.01. The van der Waals surface area contributed by atoms with E-state index in [1.54, 1.807) is 17.6 Å². The largest absolute Gasteiger partial charge is 0.416 e. The van der Waals surface area contributed by atoms with E-state index >= 15 is 0 Å². The van der Waals surface area contributed by atoms with Crippen molar-refractivity contribution < 1.29 is 18.3 Å². The number of nitrogens with zero attached hydrogens (tertiary/aromatic N) is 1. The van der Waals surface area contributed by atoms with E-state index in [-0.39, 0.29) is 0 Å². The first-order valence-electron chi connectivity index (χ1n) is 5.73. The van der Waals surface area contributed by atoms with Gasteiger partial charge in [0, 0.05) is 17.8 Å². The zero-order valence-electron chi connectivity index (χ0n) is 10.1. The van der Waals surface area contributed by atoms with Gasteiger partial charge in [0.2, 0.25) is 0 Å². The molecule has 0 amide bonds. The number of hydrogen-bond acceptors (Lipinski definition) is 1. The lowest BCUT2D eigenvalue weighted by molar-refractivity contribution is -0.137. The van der Waals surface area contributed by atoms with Gasteiger partial charge in [-0.2, -0.15) is 13.2 Å². The minimum Gasteiger partial charge on any atom is -0.387 e. The molecule has 1 N–H and O–H groups in total. The second kappa shape index (κ2) is 4.31. The van der Waals surface area contributed by atoms with Crippen LogP contribution in [0.1, 0.15) is 31.2 Å². The molecule has 1 unspecified atom stereocenters. The predicted octanol–water partition coefficient (Wildman–Crippen LogP) is 3.73. The van der Waals surface area contributed by atoms with Gasteiger partial charge >= 0.3 is 6.18 Å². The van der Waals surface area contributed by atoms with Crippen LogP contribution in [0.3, 0.4) is 0 Å². The molecule has 0 bridgehead atoms. The van der Waals surface area contributed by atoms with E-state index in [1.165, 1.54) is 6.07 Å². The third kappa shape index (κ3) is 2.10. The lowest BCUT2D eigenvalue weighted by atomic mass is 10.1. The Balaban J connectivity index is 2.68. The first kappa shape index (κ1) is 13.0. The molecule has 0 aliphatic heterocycles. The van der Waals surface area contributed by atoms with Crippen LogP contribution in [-0.4, -0.2) is 9.67 Å². The molecule has 0 radical (unpaired) electrons. The fraction of sp³-hybridized carbons (Fsp3) is 0.385. The average molecular weight is 257 g/mol. The molecular formula is C13H14F3NO. The van der Waals surface area contributed by atoms with Crippen LogP contribution in [0.4, 0.5) is 13.2 Å². The summed E-state index contributed by atoms with van der Waals surface area (Å²) in [7, 11) is 0. The van der Waals surface area contributed by atoms with E-state index in [0.29, 0.717) is 23.1 Å². The van der Waals surface area contributed by atoms with E-state index in [2.05, 4.69) is 0 Å². The Morgan fingerprint density at radius 3 is 2.44 bits per heavy atom. The zero-order chi connectivity index (χ0) is 13.5. The Morgan fingerprint density at radius 2 is 1.94 bits per heavy atom. The monoisotopic (exact) mass is 257 g/mol. The topological polar surface area (TPSA) is 25.2 Å².